The molecule has 0 amide bonds. The Hall–Kier alpha value is -0.400. The minimum atomic E-state index is -0.0448. The van der Waals surface area contributed by atoms with Gasteiger partial charge < -0.3 is 17.0 Å². The Kier molecular flexibility index (Phi) is 4.31. The Bertz CT molecular complexity index is 283. The number of hydrogen-bond donors (Lipinski definition) is 1. The van der Waals surface area contributed by atoms with Gasteiger partial charge in [-0.3, -0.25) is 0 Å². The summed E-state index contributed by atoms with van der Waals surface area (Å²) < 4.78 is 0. The topological polar surface area (TPSA) is 37.8 Å². The number of nitrogens with one attached hydrogen (secondary N) is 1. The summed E-state index contributed by atoms with van der Waals surface area (Å²) >= 11 is 0. The second-order valence-corrected chi connectivity index (χ2v) is 3.89. The molecule has 1 heterocycles. The van der Waals surface area contributed by atoms with Crippen molar-refractivity contribution in [3.05, 3.63) is 10.6 Å². The van der Waals surface area contributed by atoms with E-state index in [1.165, 1.54) is 10.6 Å². The van der Waals surface area contributed by atoms with Crippen LogP contribution in [-0.4, -0.2) is 10.9 Å². The predicted octanol–water partition coefficient (Wildman–Crippen LogP) is -3.04. The zero-order valence-electron chi connectivity index (χ0n) is 6.39. The molecule has 0 aromatic rings. The molecular weight excluding hydrogens is 224 g/mol. The van der Waals surface area contributed by atoms with Gasteiger partial charge in [-0.05, 0) is 6.92 Å². The molecule has 0 radical (unpaired) electrons. The molecule has 0 aliphatic carbocycles. The lowest BCUT2D eigenvalue weighted by atomic mass is 10.5. The quantitative estimate of drug-likeness (QED) is 0.444. The van der Waals surface area contributed by atoms with Crippen molar-refractivity contribution in [1.29, 1.82) is 5.26 Å². The molecule has 0 bridgehead atoms. The van der Waals surface area contributed by atoms with Gasteiger partial charge in [0.1, 0.15) is 0 Å². The van der Waals surface area contributed by atoms with E-state index in [1.54, 1.807) is 5.37 Å². The molecule has 0 spiro atoms. The monoisotopic (exact) mass is 232 g/mol. The van der Waals surface area contributed by atoms with Crippen LogP contribution in [0.1, 0.15) is 13.8 Å². The summed E-state index contributed by atoms with van der Waals surface area (Å²) in [5.41, 5.74) is 3.13. The van der Waals surface area contributed by atoms with E-state index in [0.717, 1.165) is 0 Å². The fraction of sp³-hybridized carbons (Fsp3) is 0.286. The van der Waals surface area contributed by atoms with Gasteiger partial charge in [0, 0.05) is 6.92 Å². The number of halogens is 1. The zero-order valence-corrected chi connectivity index (χ0v) is 8.79. The minimum absolute atomic E-state index is 0. The molecule has 0 aromatic heterocycles. The van der Waals surface area contributed by atoms with E-state index >= 15 is 0 Å². The molecule has 1 atom stereocenters. The fourth-order valence-electron chi connectivity index (χ4n) is 0.698. The van der Waals surface area contributed by atoms with Crippen LogP contribution < -0.4 is 22.0 Å². The van der Waals surface area contributed by atoms with Gasteiger partial charge in [-0.25, -0.2) is 4.99 Å². The molecule has 0 saturated carbocycles. The molecule has 1 aliphatic heterocycles. The van der Waals surface area contributed by atoms with E-state index in [-0.39, 0.29) is 27.5 Å². The third-order valence-electron chi connectivity index (χ3n) is 1.46. The third-order valence-corrected chi connectivity index (χ3v) is 3.21. The van der Waals surface area contributed by atoms with Crippen molar-refractivity contribution in [3.8, 4) is 6.07 Å². The van der Waals surface area contributed by atoms with Crippen LogP contribution in [0.4, 0.5) is 0 Å². The minimum Gasteiger partial charge on any atom is -1.00 e. The van der Waals surface area contributed by atoms with Gasteiger partial charge in [-0.15, -0.1) is 0 Å². The highest BCUT2D eigenvalue weighted by atomic mass is 79.9. The summed E-state index contributed by atoms with van der Waals surface area (Å²) in [6, 6.07) is 2.04. The largest absolute Gasteiger partial charge is 1.00 e. The third kappa shape index (κ3) is 2.28. The Balaban J connectivity index is 0.000001000. The molecule has 60 valence electrons. The summed E-state index contributed by atoms with van der Waals surface area (Å²) in [5, 5.41) is 10.0. The van der Waals surface area contributed by atoms with Gasteiger partial charge in [0.15, 0.2) is 5.70 Å². The van der Waals surface area contributed by atoms with Crippen LogP contribution in [0.25, 0.3) is 0 Å². The standard InChI is InChI=1S/C7H8N2S.BrH/c1-6-7(2)10(4-3-8)5-9-6;/h4-5H,1-2H3;1H. The van der Waals surface area contributed by atoms with Crippen molar-refractivity contribution >= 4 is 21.4 Å². The summed E-state index contributed by atoms with van der Waals surface area (Å²) in [5.74, 6) is 0. The predicted molar refractivity (Wildman–Crippen MR) is 44.7 cm³/mol. The Morgan fingerprint density at radius 3 is 2.64 bits per heavy atom. The highest BCUT2D eigenvalue weighted by Crippen LogP contribution is 2.22. The van der Waals surface area contributed by atoms with E-state index < -0.39 is 0 Å². The average Bonchev–Trinajstić information content (AvgIpc) is 2.20. The lowest BCUT2D eigenvalue weighted by molar-refractivity contribution is -0.386. The maximum atomic E-state index is 8.36. The Morgan fingerprint density at radius 1 is 1.64 bits per heavy atom. The van der Waals surface area contributed by atoms with Crippen LogP contribution >= 0.6 is 10.5 Å². The average molecular weight is 233 g/mol. The first-order valence-electron chi connectivity index (χ1n) is 2.98. The van der Waals surface area contributed by atoms with E-state index in [4.69, 9.17) is 5.26 Å². The van der Waals surface area contributed by atoms with Gasteiger partial charge in [-0.1, -0.05) is 10.5 Å². The van der Waals surface area contributed by atoms with Crippen molar-refractivity contribution in [3.63, 3.8) is 0 Å². The first-order valence-corrected chi connectivity index (χ1v) is 4.33. The molecule has 1 rings (SSSR count). The maximum Gasteiger partial charge on any atom is 0.201 e. The molecule has 11 heavy (non-hydrogen) atoms. The van der Waals surface area contributed by atoms with Crippen molar-refractivity contribution in [1.82, 2.24) is 0 Å². The highest BCUT2D eigenvalue weighted by molar-refractivity contribution is 8.29. The molecule has 1 aliphatic rings. The summed E-state index contributed by atoms with van der Waals surface area (Å²) in [6.07, 6.45) is 0. The van der Waals surface area contributed by atoms with Crippen LogP contribution in [0.3, 0.4) is 0 Å². The zero-order chi connectivity index (χ0) is 7.56. The summed E-state index contributed by atoms with van der Waals surface area (Å²) in [4.78, 5) is 4.35. The molecule has 0 fully saturated rings. The highest BCUT2D eigenvalue weighted by Gasteiger charge is 2.11. The van der Waals surface area contributed by atoms with Crippen LogP contribution in [-0.2, 0) is 0 Å². The van der Waals surface area contributed by atoms with Crippen LogP contribution in [0.2, 0.25) is 0 Å². The molecule has 0 saturated heterocycles. The summed E-state index contributed by atoms with van der Waals surface area (Å²) in [7, 11) is -0.0448. The molecule has 2 nitrogen and oxygen atoms in total. The Labute approximate surface area is 79.3 Å². The maximum absolute atomic E-state index is 8.36. The molecular formula is C7H9BrN2S. The molecule has 0 aromatic carbocycles. The van der Waals surface area contributed by atoms with Gasteiger partial charge in [0.05, 0.1) is 16.3 Å². The van der Waals surface area contributed by atoms with Crippen LogP contribution in [0, 0.1) is 11.3 Å². The second-order valence-electron chi connectivity index (χ2n) is 2.06. The van der Waals surface area contributed by atoms with Crippen molar-refractivity contribution in [2.45, 2.75) is 13.8 Å². The van der Waals surface area contributed by atoms with Gasteiger partial charge in [0.25, 0.3) is 0 Å². The molecule has 1 unspecified atom stereocenters. The number of hydrogen-bond acceptors (Lipinski definition) is 1. The van der Waals surface area contributed by atoms with Crippen LogP contribution in [0.5, 0.6) is 0 Å². The van der Waals surface area contributed by atoms with Crippen molar-refractivity contribution in [2.24, 2.45) is 0 Å². The first-order chi connectivity index (χ1) is 4.75. The van der Waals surface area contributed by atoms with E-state index in [1.807, 2.05) is 25.5 Å². The molecule has 4 heteroatoms. The normalized spacial score (nSPS) is 21.7. The number of allylic oxidation sites excluding steroid dienone is 2. The van der Waals surface area contributed by atoms with Crippen molar-refractivity contribution in [2.75, 3.05) is 0 Å². The number of rotatable bonds is 0. The van der Waals surface area contributed by atoms with E-state index in [2.05, 4.69) is 4.99 Å². The number of nitrogens with zero attached hydrogens (tertiary/aromatic N) is 1. The van der Waals surface area contributed by atoms with Gasteiger partial charge in [-0.2, -0.15) is 5.26 Å². The smallest absolute Gasteiger partial charge is 0.201 e. The second kappa shape index (κ2) is 4.47. The van der Waals surface area contributed by atoms with Gasteiger partial charge in [0.2, 0.25) is 5.55 Å². The van der Waals surface area contributed by atoms with Crippen LogP contribution in [0.15, 0.2) is 10.6 Å². The Morgan fingerprint density at radius 2 is 2.27 bits per heavy atom. The fourth-order valence-corrected chi connectivity index (χ4v) is 1.95. The SMILES string of the molecule is CC1=C(C)/S(=C/C#N)C=[NH+]1.[Br-]. The lowest BCUT2D eigenvalue weighted by Crippen LogP contribution is -3.00. The lowest BCUT2D eigenvalue weighted by Gasteiger charge is -1.87. The number of nitriles is 1. The summed E-state index contributed by atoms with van der Waals surface area (Å²) in [6.45, 7) is 4.06. The first kappa shape index (κ1) is 10.6. The van der Waals surface area contributed by atoms with Gasteiger partial charge >= 0.3 is 0 Å². The van der Waals surface area contributed by atoms with E-state index in [9.17, 15) is 0 Å². The molecule has 1 N–H and O–H groups in total. The van der Waals surface area contributed by atoms with E-state index in [0.29, 0.717) is 0 Å². The van der Waals surface area contributed by atoms with Crippen molar-refractivity contribution < 1.29 is 22.0 Å².